The number of nitrogens with two attached hydrogens (primary N) is 1. The smallest absolute Gasteiger partial charge is 0.228 e. The number of fused-ring (bicyclic) bond motifs is 1. The molecule has 0 saturated carbocycles. The first kappa shape index (κ1) is 9.18. The van der Waals surface area contributed by atoms with Gasteiger partial charge in [-0.1, -0.05) is 12.1 Å². The number of aliphatic hydroxyl groups excluding tert-OH is 1. The Morgan fingerprint density at radius 2 is 2.36 bits per heavy atom. The van der Waals surface area contributed by atoms with E-state index in [4.69, 9.17) is 5.73 Å². The van der Waals surface area contributed by atoms with Crippen LogP contribution in [0.3, 0.4) is 0 Å². The van der Waals surface area contributed by atoms with Gasteiger partial charge < -0.3 is 16.2 Å². The van der Waals surface area contributed by atoms with Gasteiger partial charge in [-0.3, -0.25) is 4.79 Å². The summed E-state index contributed by atoms with van der Waals surface area (Å²) in [5.74, 6) is -0.0309. The van der Waals surface area contributed by atoms with Gasteiger partial charge in [0.1, 0.15) is 0 Å². The molecule has 1 atom stereocenters. The molecule has 4 N–H and O–H groups in total. The summed E-state index contributed by atoms with van der Waals surface area (Å²) in [6, 6.07) is 5.43. The first-order valence-corrected chi connectivity index (χ1v) is 4.52. The van der Waals surface area contributed by atoms with Gasteiger partial charge in [0.2, 0.25) is 5.91 Å². The van der Waals surface area contributed by atoms with Crippen LogP contribution in [0.5, 0.6) is 0 Å². The topological polar surface area (TPSA) is 75.3 Å². The summed E-state index contributed by atoms with van der Waals surface area (Å²) >= 11 is 0. The van der Waals surface area contributed by atoms with Crippen LogP contribution in [0.25, 0.3) is 0 Å². The molecule has 2 rings (SSSR count). The molecule has 1 aliphatic rings. The van der Waals surface area contributed by atoms with Crippen LogP contribution in [0, 0.1) is 0 Å². The van der Waals surface area contributed by atoms with Crippen molar-refractivity contribution in [1.29, 1.82) is 0 Å². The van der Waals surface area contributed by atoms with Crippen LogP contribution in [0.15, 0.2) is 18.2 Å². The van der Waals surface area contributed by atoms with E-state index < -0.39 is 6.10 Å². The Morgan fingerprint density at radius 3 is 3.07 bits per heavy atom. The number of anilines is 1. The summed E-state index contributed by atoms with van der Waals surface area (Å²) in [6.45, 7) is 0.171. The van der Waals surface area contributed by atoms with Gasteiger partial charge in [-0.15, -0.1) is 0 Å². The Balaban J connectivity index is 2.44. The van der Waals surface area contributed by atoms with Gasteiger partial charge in [0, 0.05) is 12.2 Å². The molecule has 0 spiro atoms. The Kier molecular flexibility index (Phi) is 2.23. The minimum atomic E-state index is -0.683. The second kappa shape index (κ2) is 3.40. The third-order valence-electron chi connectivity index (χ3n) is 2.41. The number of hydrogen-bond acceptors (Lipinski definition) is 3. The standard InChI is InChI=1S/C10H12N2O2/c11-5-9(13)6-2-1-3-8-7(6)4-10(14)12-8/h1-3,9,13H,4-5,11H2,(H,12,14). The summed E-state index contributed by atoms with van der Waals surface area (Å²) in [5.41, 5.74) is 7.79. The number of nitrogens with one attached hydrogen (secondary N) is 1. The van der Waals surface area contributed by atoms with Crippen molar-refractivity contribution in [3.8, 4) is 0 Å². The highest BCUT2D eigenvalue weighted by molar-refractivity contribution is 5.99. The molecule has 0 fully saturated rings. The molecule has 4 heteroatoms. The van der Waals surface area contributed by atoms with Crippen LogP contribution >= 0.6 is 0 Å². The number of amides is 1. The molecule has 4 nitrogen and oxygen atoms in total. The van der Waals surface area contributed by atoms with E-state index in [1.165, 1.54) is 0 Å². The minimum Gasteiger partial charge on any atom is -0.387 e. The lowest BCUT2D eigenvalue weighted by atomic mass is 10.0. The van der Waals surface area contributed by atoms with Gasteiger partial charge in [0.05, 0.1) is 12.5 Å². The molecule has 1 aromatic rings. The lowest BCUT2D eigenvalue weighted by Crippen LogP contribution is -2.13. The molecule has 1 aromatic carbocycles. The summed E-state index contributed by atoms with van der Waals surface area (Å²) in [4.78, 5) is 11.1. The molecule has 1 heterocycles. The normalized spacial score (nSPS) is 16.3. The van der Waals surface area contributed by atoms with Crippen molar-refractivity contribution in [2.45, 2.75) is 12.5 Å². The number of aliphatic hydroxyl groups is 1. The summed E-state index contributed by atoms with van der Waals surface area (Å²) < 4.78 is 0. The van der Waals surface area contributed by atoms with Crippen molar-refractivity contribution in [3.05, 3.63) is 29.3 Å². The molecule has 1 aliphatic heterocycles. The zero-order chi connectivity index (χ0) is 10.1. The number of rotatable bonds is 2. The predicted molar refractivity (Wildman–Crippen MR) is 52.8 cm³/mol. The molecule has 14 heavy (non-hydrogen) atoms. The zero-order valence-electron chi connectivity index (χ0n) is 7.66. The van der Waals surface area contributed by atoms with Crippen molar-refractivity contribution in [1.82, 2.24) is 0 Å². The Bertz CT molecular complexity index is 376. The van der Waals surface area contributed by atoms with Crippen LogP contribution in [0.4, 0.5) is 5.69 Å². The van der Waals surface area contributed by atoms with E-state index in [1.807, 2.05) is 6.07 Å². The van der Waals surface area contributed by atoms with Gasteiger partial charge in [0.15, 0.2) is 0 Å². The van der Waals surface area contributed by atoms with E-state index in [9.17, 15) is 9.90 Å². The minimum absolute atomic E-state index is 0.0309. The quantitative estimate of drug-likeness (QED) is 0.625. The molecule has 0 aromatic heterocycles. The molecule has 0 bridgehead atoms. The van der Waals surface area contributed by atoms with E-state index in [1.54, 1.807) is 12.1 Å². The Morgan fingerprint density at radius 1 is 1.57 bits per heavy atom. The van der Waals surface area contributed by atoms with Crippen LogP contribution in [0.1, 0.15) is 17.2 Å². The third-order valence-corrected chi connectivity index (χ3v) is 2.41. The molecule has 74 valence electrons. The van der Waals surface area contributed by atoms with E-state index in [0.29, 0.717) is 6.42 Å². The summed E-state index contributed by atoms with van der Waals surface area (Å²) in [5, 5.41) is 12.3. The van der Waals surface area contributed by atoms with E-state index >= 15 is 0 Å². The number of benzene rings is 1. The molecule has 0 radical (unpaired) electrons. The number of carbonyl (C=O) groups excluding carboxylic acids is 1. The summed E-state index contributed by atoms with van der Waals surface area (Å²) in [6.07, 6.45) is -0.347. The van der Waals surface area contributed by atoms with E-state index in [0.717, 1.165) is 16.8 Å². The fourth-order valence-electron chi connectivity index (χ4n) is 1.71. The summed E-state index contributed by atoms with van der Waals surface area (Å²) in [7, 11) is 0. The number of carbonyl (C=O) groups is 1. The molecular weight excluding hydrogens is 180 g/mol. The van der Waals surface area contributed by atoms with Crippen molar-refractivity contribution < 1.29 is 9.90 Å². The highest BCUT2D eigenvalue weighted by atomic mass is 16.3. The molecular formula is C10H12N2O2. The second-order valence-corrected chi connectivity index (χ2v) is 3.35. The van der Waals surface area contributed by atoms with Crippen LogP contribution in [-0.2, 0) is 11.2 Å². The van der Waals surface area contributed by atoms with Crippen molar-refractivity contribution in [2.24, 2.45) is 5.73 Å². The Hall–Kier alpha value is -1.39. The fourth-order valence-corrected chi connectivity index (χ4v) is 1.71. The predicted octanol–water partition coefficient (Wildman–Crippen LogP) is 0.173. The fraction of sp³-hybridized carbons (Fsp3) is 0.300. The monoisotopic (exact) mass is 192 g/mol. The lowest BCUT2D eigenvalue weighted by Gasteiger charge is -2.11. The SMILES string of the molecule is NCC(O)c1cccc2c1CC(=O)N2. The van der Waals surface area contributed by atoms with Crippen molar-refractivity contribution in [3.63, 3.8) is 0 Å². The molecule has 1 unspecified atom stereocenters. The maximum Gasteiger partial charge on any atom is 0.228 e. The van der Waals surface area contributed by atoms with E-state index in [-0.39, 0.29) is 12.5 Å². The van der Waals surface area contributed by atoms with Gasteiger partial charge in [-0.05, 0) is 17.2 Å². The van der Waals surface area contributed by atoms with Gasteiger partial charge in [0.25, 0.3) is 0 Å². The molecule has 1 amide bonds. The van der Waals surface area contributed by atoms with E-state index in [2.05, 4.69) is 5.32 Å². The van der Waals surface area contributed by atoms with Crippen LogP contribution < -0.4 is 11.1 Å². The van der Waals surface area contributed by atoms with Gasteiger partial charge in [-0.2, -0.15) is 0 Å². The highest BCUT2D eigenvalue weighted by Gasteiger charge is 2.22. The molecule has 0 saturated heterocycles. The van der Waals surface area contributed by atoms with Gasteiger partial charge >= 0.3 is 0 Å². The maximum absolute atomic E-state index is 11.1. The largest absolute Gasteiger partial charge is 0.387 e. The third kappa shape index (κ3) is 1.38. The number of hydrogen-bond donors (Lipinski definition) is 3. The van der Waals surface area contributed by atoms with Gasteiger partial charge in [-0.25, -0.2) is 0 Å². The first-order chi connectivity index (χ1) is 6.72. The van der Waals surface area contributed by atoms with Crippen LogP contribution in [0.2, 0.25) is 0 Å². The first-order valence-electron chi connectivity index (χ1n) is 4.52. The average molecular weight is 192 g/mol. The maximum atomic E-state index is 11.1. The van der Waals surface area contributed by atoms with Crippen LogP contribution in [-0.4, -0.2) is 17.6 Å². The lowest BCUT2D eigenvalue weighted by molar-refractivity contribution is -0.115. The van der Waals surface area contributed by atoms with Crippen molar-refractivity contribution >= 4 is 11.6 Å². The average Bonchev–Trinajstić information content (AvgIpc) is 2.56. The molecule has 0 aliphatic carbocycles. The highest BCUT2D eigenvalue weighted by Crippen LogP contribution is 2.29. The van der Waals surface area contributed by atoms with Crippen molar-refractivity contribution in [2.75, 3.05) is 11.9 Å². The Labute approximate surface area is 81.7 Å². The zero-order valence-corrected chi connectivity index (χ0v) is 7.66. The second-order valence-electron chi connectivity index (χ2n) is 3.35.